The summed E-state index contributed by atoms with van der Waals surface area (Å²) in [5.41, 5.74) is 3.71. The predicted molar refractivity (Wildman–Crippen MR) is 127 cm³/mol. The van der Waals surface area contributed by atoms with E-state index in [1.807, 2.05) is 0 Å². The van der Waals surface area contributed by atoms with E-state index in [-0.39, 0.29) is 21.6 Å². The van der Waals surface area contributed by atoms with Crippen LogP contribution in [0.25, 0.3) is 0 Å². The maximum absolute atomic E-state index is 12.4. The van der Waals surface area contributed by atoms with Crippen LogP contribution in [0.2, 0.25) is 10.0 Å². The third-order valence-electron chi connectivity index (χ3n) is 4.11. The van der Waals surface area contributed by atoms with E-state index in [9.17, 15) is 18.0 Å². The Morgan fingerprint density at radius 2 is 1.61 bits per heavy atom. The number of halogens is 2. The zero-order valence-corrected chi connectivity index (χ0v) is 19.4. The van der Waals surface area contributed by atoms with Gasteiger partial charge in [0.25, 0.3) is 5.91 Å². The number of carbonyl (C=O) groups is 2. The molecule has 2 amide bonds. The van der Waals surface area contributed by atoms with E-state index in [2.05, 4.69) is 15.8 Å². The SMILES string of the molecule is CC(=O)Nc1ccc(S(=O)(=O)Oc2ccc(/C=N\NC(=O)c3ccc(Cl)c(Cl)c3)cc2)cc1. The second-order valence-electron chi connectivity index (χ2n) is 6.64. The minimum atomic E-state index is -4.06. The summed E-state index contributed by atoms with van der Waals surface area (Å²) >= 11 is 11.7. The van der Waals surface area contributed by atoms with E-state index in [1.165, 1.54) is 67.7 Å². The van der Waals surface area contributed by atoms with Gasteiger partial charge in [-0.3, -0.25) is 9.59 Å². The van der Waals surface area contributed by atoms with Crippen LogP contribution in [-0.4, -0.2) is 26.4 Å². The largest absolute Gasteiger partial charge is 0.379 e. The molecule has 3 rings (SSSR count). The third kappa shape index (κ3) is 6.79. The molecule has 0 radical (unpaired) electrons. The first-order valence-electron chi connectivity index (χ1n) is 9.35. The van der Waals surface area contributed by atoms with Crippen molar-refractivity contribution in [2.45, 2.75) is 11.8 Å². The Hall–Kier alpha value is -3.40. The molecule has 11 heteroatoms. The fourth-order valence-corrected chi connectivity index (χ4v) is 3.79. The second-order valence-corrected chi connectivity index (χ2v) is 9.00. The Balaban J connectivity index is 1.60. The molecular formula is C22H17Cl2N3O5S. The number of hydrogen-bond acceptors (Lipinski definition) is 6. The minimum absolute atomic E-state index is 0.0627. The van der Waals surface area contributed by atoms with Gasteiger partial charge >= 0.3 is 10.1 Å². The molecule has 2 N–H and O–H groups in total. The van der Waals surface area contributed by atoms with Crippen molar-refractivity contribution in [3.05, 3.63) is 87.9 Å². The average molecular weight is 506 g/mol. The molecule has 0 atom stereocenters. The van der Waals surface area contributed by atoms with Gasteiger partial charge in [-0.15, -0.1) is 0 Å². The van der Waals surface area contributed by atoms with Crippen LogP contribution in [0.15, 0.2) is 76.7 Å². The van der Waals surface area contributed by atoms with Crippen molar-refractivity contribution < 1.29 is 22.2 Å². The summed E-state index contributed by atoms with van der Waals surface area (Å²) in [7, 11) is -4.06. The first-order chi connectivity index (χ1) is 15.6. The number of benzene rings is 3. The molecule has 0 aromatic heterocycles. The Labute approximate surface area is 200 Å². The molecule has 3 aromatic carbocycles. The molecule has 8 nitrogen and oxygen atoms in total. The molecule has 33 heavy (non-hydrogen) atoms. The van der Waals surface area contributed by atoms with E-state index >= 15 is 0 Å². The number of nitrogens with zero attached hydrogens (tertiary/aromatic N) is 1. The van der Waals surface area contributed by atoms with Gasteiger partial charge < -0.3 is 9.50 Å². The van der Waals surface area contributed by atoms with E-state index < -0.39 is 16.0 Å². The molecule has 170 valence electrons. The lowest BCUT2D eigenvalue weighted by Crippen LogP contribution is -2.17. The highest BCUT2D eigenvalue weighted by Crippen LogP contribution is 2.23. The minimum Gasteiger partial charge on any atom is -0.379 e. The zero-order valence-electron chi connectivity index (χ0n) is 17.1. The first kappa shape index (κ1) is 24.2. The van der Waals surface area contributed by atoms with Crippen LogP contribution in [0.4, 0.5) is 5.69 Å². The van der Waals surface area contributed by atoms with E-state index in [4.69, 9.17) is 27.4 Å². The Morgan fingerprint density at radius 1 is 0.939 bits per heavy atom. The van der Waals surface area contributed by atoms with Gasteiger partial charge in [0.05, 0.1) is 16.3 Å². The summed E-state index contributed by atoms with van der Waals surface area (Å²) in [6, 6.07) is 16.1. The lowest BCUT2D eigenvalue weighted by Gasteiger charge is -2.08. The molecular weight excluding hydrogens is 489 g/mol. The van der Waals surface area contributed by atoms with E-state index in [0.29, 0.717) is 21.8 Å². The van der Waals surface area contributed by atoms with Crippen molar-refractivity contribution in [1.82, 2.24) is 5.43 Å². The van der Waals surface area contributed by atoms with Crippen molar-refractivity contribution in [1.29, 1.82) is 0 Å². The Morgan fingerprint density at radius 3 is 2.21 bits per heavy atom. The van der Waals surface area contributed by atoms with Gasteiger partial charge in [-0.2, -0.15) is 13.5 Å². The normalized spacial score (nSPS) is 11.2. The summed E-state index contributed by atoms with van der Waals surface area (Å²) < 4.78 is 30.0. The fraction of sp³-hybridized carbons (Fsp3) is 0.0455. The van der Waals surface area contributed by atoms with Crippen LogP contribution in [0.5, 0.6) is 5.75 Å². The summed E-state index contributed by atoms with van der Waals surface area (Å²) in [6.07, 6.45) is 1.38. The van der Waals surface area contributed by atoms with Gasteiger partial charge in [0.2, 0.25) is 5.91 Å². The molecule has 0 saturated heterocycles. The van der Waals surface area contributed by atoms with Crippen molar-refractivity contribution in [2.75, 3.05) is 5.32 Å². The summed E-state index contributed by atoms with van der Waals surface area (Å²) in [4.78, 5) is 23.1. The highest BCUT2D eigenvalue weighted by Gasteiger charge is 2.16. The highest BCUT2D eigenvalue weighted by atomic mass is 35.5. The van der Waals surface area contributed by atoms with Crippen LogP contribution >= 0.6 is 23.2 Å². The maximum atomic E-state index is 12.4. The third-order valence-corrected chi connectivity index (χ3v) is 6.11. The first-order valence-corrected chi connectivity index (χ1v) is 11.5. The van der Waals surface area contributed by atoms with Crippen molar-refractivity contribution in [3.8, 4) is 5.75 Å². The van der Waals surface area contributed by atoms with Gasteiger partial charge in [-0.1, -0.05) is 23.2 Å². The number of rotatable bonds is 7. The number of hydrazone groups is 1. The molecule has 0 spiro atoms. The van der Waals surface area contributed by atoms with Gasteiger partial charge in [-0.05, 0) is 72.3 Å². The molecule has 0 fully saturated rings. The van der Waals surface area contributed by atoms with Crippen LogP contribution in [0.1, 0.15) is 22.8 Å². The van der Waals surface area contributed by atoms with Crippen molar-refractivity contribution >= 4 is 57.0 Å². The standard InChI is InChI=1S/C22H17Cl2N3O5S/c1-14(28)26-17-5-9-19(10-6-17)33(30,31)32-18-7-2-15(3-8-18)13-25-27-22(29)16-4-11-20(23)21(24)12-16/h2-13H,1H3,(H,26,28)(H,27,29)/b25-13-. The summed E-state index contributed by atoms with van der Waals surface area (Å²) in [6.45, 7) is 1.35. The number of amides is 2. The molecule has 0 aliphatic rings. The van der Waals surface area contributed by atoms with Crippen molar-refractivity contribution in [2.24, 2.45) is 5.10 Å². The van der Waals surface area contributed by atoms with Gasteiger partial charge in [0.15, 0.2) is 0 Å². The smallest absolute Gasteiger partial charge is 0.339 e. The second kappa shape index (κ2) is 10.5. The van der Waals surface area contributed by atoms with Gasteiger partial charge in [0.1, 0.15) is 10.6 Å². The summed E-state index contributed by atoms with van der Waals surface area (Å²) in [5, 5.41) is 7.00. The Bertz CT molecular complexity index is 1310. The maximum Gasteiger partial charge on any atom is 0.339 e. The van der Waals surface area contributed by atoms with E-state index in [0.717, 1.165) is 0 Å². The van der Waals surface area contributed by atoms with Crippen LogP contribution in [0, 0.1) is 0 Å². The topological polar surface area (TPSA) is 114 Å². The number of anilines is 1. The van der Waals surface area contributed by atoms with Crippen LogP contribution < -0.4 is 14.9 Å². The monoisotopic (exact) mass is 505 g/mol. The molecule has 0 saturated carbocycles. The number of carbonyl (C=O) groups excluding carboxylic acids is 2. The molecule has 0 bridgehead atoms. The molecule has 0 unspecified atom stereocenters. The number of nitrogens with one attached hydrogen (secondary N) is 2. The average Bonchev–Trinajstić information content (AvgIpc) is 2.76. The van der Waals surface area contributed by atoms with Crippen LogP contribution in [0.3, 0.4) is 0 Å². The molecule has 0 aliphatic heterocycles. The molecule has 3 aromatic rings. The Kier molecular flexibility index (Phi) is 7.70. The molecule has 0 aliphatic carbocycles. The zero-order chi connectivity index (χ0) is 24.0. The van der Waals surface area contributed by atoms with Crippen LogP contribution in [-0.2, 0) is 14.9 Å². The fourth-order valence-electron chi connectivity index (χ4n) is 2.56. The molecule has 0 heterocycles. The van der Waals surface area contributed by atoms with Crippen molar-refractivity contribution in [3.63, 3.8) is 0 Å². The van der Waals surface area contributed by atoms with Gasteiger partial charge in [0, 0.05) is 18.2 Å². The lowest BCUT2D eigenvalue weighted by atomic mass is 10.2. The van der Waals surface area contributed by atoms with Gasteiger partial charge in [-0.25, -0.2) is 5.43 Å². The quantitative estimate of drug-likeness (QED) is 0.279. The highest BCUT2D eigenvalue weighted by molar-refractivity contribution is 7.87. The van der Waals surface area contributed by atoms with E-state index in [1.54, 1.807) is 12.1 Å². The summed E-state index contributed by atoms with van der Waals surface area (Å²) in [5.74, 6) is -0.641. The predicted octanol–water partition coefficient (Wildman–Crippen LogP) is 4.48. The lowest BCUT2D eigenvalue weighted by molar-refractivity contribution is -0.114. The number of hydrogen-bond donors (Lipinski definition) is 2.